The van der Waals surface area contributed by atoms with Crippen LogP contribution >= 0.6 is 23.5 Å². The van der Waals surface area contributed by atoms with Crippen molar-refractivity contribution in [3.63, 3.8) is 0 Å². The third-order valence-corrected chi connectivity index (χ3v) is 6.04. The minimum Gasteiger partial charge on any atom is -0.338 e. The number of amides is 1. The Balaban J connectivity index is 1.71. The van der Waals surface area contributed by atoms with Crippen LogP contribution in [0.4, 0.5) is 0 Å². The van der Waals surface area contributed by atoms with Crippen LogP contribution in [0, 0.1) is 0 Å². The van der Waals surface area contributed by atoms with E-state index in [-0.39, 0.29) is 5.91 Å². The number of rotatable bonds is 3. The quantitative estimate of drug-likeness (QED) is 0.784. The summed E-state index contributed by atoms with van der Waals surface area (Å²) in [5, 5.41) is 1.29. The summed E-state index contributed by atoms with van der Waals surface area (Å²) in [6.07, 6.45) is 4.70. The third kappa shape index (κ3) is 3.90. The number of benzene rings is 1. The van der Waals surface area contributed by atoms with Crippen LogP contribution in [0.3, 0.4) is 0 Å². The Morgan fingerprint density at radius 2 is 2.04 bits per heavy atom. The molecule has 1 aliphatic rings. The van der Waals surface area contributed by atoms with Crippen LogP contribution in [-0.2, 0) is 0 Å². The van der Waals surface area contributed by atoms with Gasteiger partial charge in [0.1, 0.15) is 5.03 Å². The van der Waals surface area contributed by atoms with E-state index >= 15 is 0 Å². The molecule has 1 aromatic carbocycles. The van der Waals surface area contributed by atoms with Gasteiger partial charge < -0.3 is 4.90 Å². The van der Waals surface area contributed by atoms with Crippen molar-refractivity contribution < 1.29 is 4.79 Å². The highest BCUT2D eigenvalue weighted by molar-refractivity contribution is 7.99. The Kier molecular flexibility index (Phi) is 5.62. The second-order valence-electron chi connectivity index (χ2n) is 5.41. The van der Waals surface area contributed by atoms with E-state index in [1.54, 1.807) is 6.20 Å². The van der Waals surface area contributed by atoms with E-state index in [0.29, 0.717) is 5.25 Å². The second-order valence-corrected chi connectivity index (χ2v) is 7.52. The molecule has 23 heavy (non-hydrogen) atoms. The molecule has 5 heteroatoms. The van der Waals surface area contributed by atoms with Crippen molar-refractivity contribution in [1.82, 2.24) is 9.88 Å². The Hall–Kier alpha value is -1.46. The first-order valence-electron chi connectivity index (χ1n) is 7.74. The van der Waals surface area contributed by atoms with Crippen molar-refractivity contribution in [2.24, 2.45) is 0 Å². The minimum absolute atomic E-state index is 0.108. The Bertz CT molecular complexity index is 663. The van der Waals surface area contributed by atoms with Gasteiger partial charge in [0.15, 0.2) is 0 Å². The summed E-state index contributed by atoms with van der Waals surface area (Å²) in [5.41, 5.74) is 2.08. The molecule has 0 bridgehead atoms. The number of hydrogen-bond acceptors (Lipinski definition) is 4. The molecule has 1 fully saturated rings. The molecule has 3 nitrogen and oxygen atoms in total. The number of aromatic nitrogens is 1. The van der Waals surface area contributed by atoms with Gasteiger partial charge in [-0.05, 0) is 30.4 Å². The van der Waals surface area contributed by atoms with Gasteiger partial charge in [0.2, 0.25) is 0 Å². The fourth-order valence-electron chi connectivity index (χ4n) is 2.79. The van der Waals surface area contributed by atoms with E-state index in [1.807, 2.05) is 41.1 Å². The Morgan fingerprint density at radius 3 is 2.83 bits per heavy atom. The molecular weight excluding hydrogens is 324 g/mol. The zero-order chi connectivity index (χ0) is 16.1. The molecule has 3 rings (SSSR count). The molecule has 0 radical (unpaired) electrons. The maximum Gasteiger partial charge on any atom is 0.256 e. The highest BCUT2D eigenvalue weighted by Gasteiger charge is 2.24. The monoisotopic (exact) mass is 344 g/mol. The van der Waals surface area contributed by atoms with Crippen LogP contribution in [0.15, 0.2) is 53.7 Å². The standard InChI is InChI=1S/C18H20N2OS2/c1-22-17-15(8-5-10-19-17)18(21)20-11-9-16(23-13-12-20)14-6-3-2-4-7-14/h2-8,10,16H,9,11-13H2,1H3/t16-/m0/s1. The van der Waals surface area contributed by atoms with Gasteiger partial charge in [-0.3, -0.25) is 4.79 Å². The first kappa shape index (κ1) is 16.4. The molecule has 0 spiro atoms. The van der Waals surface area contributed by atoms with Crippen molar-refractivity contribution in [3.8, 4) is 0 Å². The molecule has 2 heterocycles. The highest BCUT2D eigenvalue weighted by atomic mass is 32.2. The molecule has 1 saturated heterocycles. The van der Waals surface area contributed by atoms with Gasteiger partial charge in [0.05, 0.1) is 5.56 Å². The zero-order valence-electron chi connectivity index (χ0n) is 13.1. The molecule has 120 valence electrons. The lowest BCUT2D eigenvalue weighted by Gasteiger charge is -2.21. The smallest absolute Gasteiger partial charge is 0.256 e. The van der Waals surface area contributed by atoms with Crippen LogP contribution in [0.2, 0.25) is 0 Å². The van der Waals surface area contributed by atoms with Gasteiger partial charge in [0, 0.05) is 30.3 Å². The largest absolute Gasteiger partial charge is 0.338 e. The first-order chi connectivity index (χ1) is 11.3. The van der Waals surface area contributed by atoms with E-state index in [4.69, 9.17) is 0 Å². The maximum atomic E-state index is 12.8. The van der Waals surface area contributed by atoms with E-state index in [1.165, 1.54) is 17.3 Å². The van der Waals surface area contributed by atoms with Crippen LogP contribution < -0.4 is 0 Å². The number of carbonyl (C=O) groups excluding carboxylic acids is 1. The molecule has 0 unspecified atom stereocenters. The van der Waals surface area contributed by atoms with Crippen molar-refractivity contribution in [2.45, 2.75) is 16.7 Å². The SMILES string of the molecule is CSc1ncccc1C(=O)N1CCS[C@H](c2ccccc2)CC1. The number of hydrogen-bond donors (Lipinski definition) is 0. The van der Waals surface area contributed by atoms with Crippen molar-refractivity contribution in [3.05, 3.63) is 59.8 Å². The van der Waals surface area contributed by atoms with Crippen molar-refractivity contribution in [2.75, 3.05) is 25.1 Å². The lowest BCUT2D eigenvalue weighted by Crippen LogP contribution is -2.33. The van der Waals surface area contributed by atoms with E-state index in [9.17, 15) is 4.79 Å². The number of nitrogens with zero attached hydrogens (tertiary/aromatic N) is 2. The summed E-state index contributed by atoms with van der Waals surface area (Å²) in [6.45, 7) is 1.60. The van der Waals surface area contributed by atoms with Gasteiger partial charge >= 0.3 is 0 Å². The predicted molar refractivity (Wildman–Crippen MR) is 98.2 cm³/mol. The van der Waals surface area contributed by atoms with E-state index in [2.05, 4.69) is 29.2 Å². The minimum atomic E-state index is 0.108. The molecule has 2 aromatic rings. The summed E-state index contributed by atoms with van der Waals surface area (Å²) in [5.74, 6) is 1.08. The summed E-state index contributed by atoms with van der Waals surface area (Å²) in [4.78, 5) is 19.1. The summed E-state index contributed by atoms with van der Waals surface area (Å²) in [7, 11) is 0. The van der Waals surface area contributed by atoms with Crippen LogP contribution in [0.1, 0.15) is 27.6 Å². The zero-order valence-corrected chi connectivity index (χ0v) is 14.8. The number of carbonyl (C=O) groups is 1. The van der Waals surface area contributed by atoms with Gasteiger partial charge in [0.25, 0.3) is 5.91 Å². The molecule has 1 atom stereocenters. The third-order valence-electron chi connectivity index (χ3n) is 3.99. The van der Waals surface area contributed by atoms with Crippen LogP contribution in [0.25, 0.3) is 0 Å². The fourth-order valence-corrected chi connectivity index (χ4v) is 4.57. The molecule has 0 N–H and O–H groups in total. The Morgan fingerprint density at radius 1 is 1.22 bits per heavy atom. The van der Waals surface area contributed by atoms with Gasteiger partial charge in [-0.1, -0.05) is 30.3 Å². The summed E-state index contributed by atoms with van der Waals surface area (Å²) >= 11 is 3.48. The van der Waals surface area contributed by atoms with E-state index < -0.39 is 0 Å². The molecule has 1 amide bonds. The Labute approximate surface area is 145 Å². The molecule has 1 aromatic heterocycles. The lowest BCUT2D eigenvalue weighted by molar-refractivity contribution is 0.0762. The van der Waals surface area contributed by atoms with Crippen LogP contribution in [0.5, 0.6) is 0 Å². The van der Waals surface area contributed by atoms with Crippen LogP contribution in [-0.4, -0.2) is 40.9 Å². The second kappa shape index (κ2) is 7.88. The highest BCUT2D eigenvalue weighted by Crippen LogP contribution is 2.34. The molecule has 1 aliphatic heterocycles. The number of thioether (sulfide) groups is 2. The normalized spacial score (nSPS) is 18.5. The van der Waals surface area contributed by atoms with E-state index in [0.717, 1.165) is 35.9 Å². The molecule has 0 aliphatic carbocycles. The average Bonchev–Trinajstić information content (AvgIpc) is 2.88. The lowest BCUT2D eigenvalue weighted by atomic mass is 10.1. The average molecular weight is 345 g/mol. The predicted octanol–water partition coefficient (Wildman–Crippen LogP) is 4.12. The first-order valence-corrected chi connectivity index (χ1v) is 10.0. The van der Waals surface area contributed by atoms with Gasteiger partial charge in [-0.25, -0.2) is 4.98 Å². The molecule has 0 saturated carbocycles. The van der Waals surface area contributed by atoms with Gasteiger partial charge in [-0.2, -0.15) is 11.8 Å². The van der Waals surface area contributed by atoms with Crippen molar-refractivity contribution in [1.29, 1.82) is 0 Å². The maximum absolute atomic E-state index is 12.8. The summed E-state index contributed by atoms with van der Waals surface area (Å²) in [6, 6.07) is 14.3. The number of pyridine rings is 1. The topological polar surface area (TPSA) is 33.2 Å². The van der Waals surface area contributed by atoms with Crippen molar-refractivity contribution >= 4 is 29.4 Å². The fraction of sp³-hybridized carbons (Fsp3) is 0.333. The van der Waals surface area contributed by atoms with Gasteiger partial charge in [-0.15, -0.1) is 11.8 Å². The molecular formula is C18H20N2OS2. The summed E-state index contributed by atoms with van der Waals surface area (Å²) < 4.78 is 0.